The van der Waals surface area contributed by atoms with Crippen LogP contribution in [0.3, 0.4) is 0 Å². The highest BCUT2D eigenvalue weighted by atomic mass is 32.1. The highest BCUT2D eigenvalue weighted by molar-refractivity contribution is 7.09. The minimum atomic E-state index is 0.266. The van der Waals surface area contributed by atoms with Gasteiger partial charge in [0.15, 0.2) is 0 Å². The van der Waals surface area contributed by atoms with E-state index in [-0.39, 0.29) is 11.8 Å². The van der Waals surface area contributed by atoms with Crippen LogP contribution in [0.5, 0.6) is 0 Å². The Bertz CT molecular complexity index is 857. The molecule has 3 aromatic rings. The molecule has 1 aromatic heterocycles. The van der Waals surface area contributed by atoms with Crippen molar-refractivity contribution in [3.63, 3.8) is 0 Å². The molecule has 1 atom stereocenters. The zero-order valence-electron chi connectivity index (χ0n) is 14.8. The first-order valence-corrected chi connectivity index (χ1v) is 10.1. The first-order chi connectivity index (χ1) is 12.8. The van der Waals surface area contributed by atoms with Crippen molar-refractivity contribution in [3.05, 3.63) is 93.7 Å². The van der Waals surface area contributed by atoms with Gasteiger partial charge in [-0.2, -0.15) is 0 Å². The molecule has 0 fully saturated rings. The van der Waals surface area contributed by atoms with Gasteiger partial charge in [-0.05, 0) is 41.0 Å². The minimum absolute atomic E-state index is 0.266. The number of carbonyl (C=O) groups is 1. The van der Waals surface area contributed by atoms with Crippen molar-refractivity contribution < 1.29 is 4.79 Å². The van der Waals surface area contributed by atoms with Gasteiger partial charge >= 0.3 is 0 Å². The summed E-state index contributed by atoms with van der Waals surface area (Å²) >= 11 is 1.77. The molecule has 1 aliphatic heterocycles. The predicted octanol–water partition coefficient (Wildman–Crippen LogP) is 5.25. The predicted molar refractivity (Wildman–Crippen MR) is 107 cm³/mol. The van der Waals surface area contributed by atoms with Gasteiger partial charge in [-0.1, -0.05) is 60.7 Å². The van der Waals surface area contributed by atoms with Gasteiger partial charge in [0.1, 0.15) is 0 Å². The highest BCUT2D eigenvalue weighted by Gasteiger charge is 2.28. The van der Waals surface area contributed by atoms with Crippen molar-refractivity contribution in [1.29, 1.82) is 0 Å². The molecule has 0 unspecified atom stereocenters. The molecule has 0 spiro atoms. The van der Waals surface area contributed by atoms with E-state index in [2.05, 4.69) is 70.9 Å². The van der Waals surface area contributed by atoms with Gasteiger partial charge in [0.25, 0.3) is 0 Å². The summed E-state index contributed by atoms with van der Waals surface area (Å²) in [4.78, 5) is 16.3. The molecule has 26 heavy (non-hydrogen) atoms. The van der Waals surface area contributed by atoms with Crippen LogP contribution in [0.1, 0.15) is 40.3 Å². The Morgan fingerprint density at radius 2 is 1.81 bits per heavy atom. The van der Waals surface area contributed by atoms with E-state index in [0.29, 0.717) is 6.42 Å². The molecule has 0 N–H and O–H groups in total. The number of aryl methyl sites for hydroxylation is 1. The van der Waals surface area contributed by atoms with Crippen molar-refractivity contribution in [2.24, 2.45) is 0 Å². The summed E-state index contributed by atoms with van der Waals surface area (Å²) in [6.07, 6.45) is 2.55. The van der Waals surface area contributed by atoms with Crippen LogP contribution < -0.4 is 0 Å². The maximum atomic E-state index is 12.8. The fraction of sp³-hybridized carbons (Fsp3) is 0.261. The van der Waals surface area contributed by atoms with E-state index in [9.17, 15) is 4.79 Å². The van der Waals surface area contributed by atoms with Gasteiger partial charge in [0.2, 0.25) is 5.91 Å². The van der Waals surface area contributed by atoms with Crippen molar-refractivity contribution >= 4 is 17.2 Å². The van der Waals surface area contributed by atoms with Gasteiger partial charge in [0, 0.05) is 30.3 Å². The van der Waals surface area contributed by atoms with Crippen LogP contribution in [0.4, 0.5) is 0 Å². The molecule has 2 heterocycles. The molecule has 4 rings (SSSR count). The lowest BCUT2D eigenvalue weighted by Gasteiger charge is -2.35. The molecule has 132 valence electrons. The van der Waals surface area contributed by atoms with Crippen LogP contribution in [0.25, 0.3) is 0 Å². The van der Waals surface area contributed by atoms with E-state index in [4.69, 9.17) is 0 Å². The Kier molecular flexibility index (Phi) is 5.16. The second-order valence-corrected chi connectivity index (χ2v) is 7.90. The third-order valence-electron chi connectivity index (χ3n) is 5.14. The summed E-state index contributed by atoms with van der Waals surface area (Å²) in [7, 11) is 0. The minimum Gasteiger partial charge on any atom is -0.337 e. The Morgan fingerprint density at radius 3 is 2.62 bits per heavy atom. The molecule has 2 aromatic carbocycles. The fourth-order valence-corrected chi connectivity index (χ4v) is 4.55. The number of amides is 1. The summed E-state index contributed by atoms with van der Waals surface area (Å²) in [6, 6.07) is 23.3. The standard InChI is InChI=1S/C23H23NOS/c25-23(14-6-11-20-12-7-15-26-20)24-16-19-10-4-5-13-21(19)22(17-24)18-8-2-1-3-9-18/h1-5,7-10,12-13,15,22H,6,11,14,16-17H2/t22-/m1/s1. The monoisotopic (exact) mass is 361 g/mol. The molecule has 0 bridgehead atoms. The number of thiophene rings is 1. The molecule has 0 saturated carbocycles. The van der Waals surface area contributed by atoms with Crippen molar-refractivity contribution in [1.82, 2.24) is 4.90 Å². The molecule has 1 amide bonds. The van der Waals surface area contributed by atoms with Crippen LogP contribution >= 0.6 is 11.3 Å². The van der Waals surface area contributed by atoms with Gasteiger partial charge in [-0.15, -0.1) is 11.3 Å². The summed E-state index contributed by atoms with van der Waals surface area (Å²) in [6.45, 7) is 1.51. The number of hydrogen-bond donors (Lipinski definition) is 0. The molecule has 1 aliphatic rings. The van der Waals surface area contributed by atoms with E-state index in [1.807, 2.05) is 6.07 Å². The average Bonchev–Trinajstić information content (AvgIpc) is 3.21. The lowest BCUT2D eigenvalue weighted by molar-refractivity contribution is -0.132. The lowest BCUT2D eigenvalue weighted by Crippen LogP contribution is -2.38. The Hall–Kier alpha value is -2.39. The van der Waals surface area contributed by atoms with E-state index in [1.165, 1.54) is 21.6 Å². The maximum Gasteiger partial charge on any atom is 0.222 e. The van der Waals surface area contributed by atoms with E-state index >= 15 is 0 Å². The summed E-state index contributed by atoms with van der Waals surface area (Å²) in [5, 5.41) is 2.10. The molecule has 0 aliphatic carbocycles. The number of benzene rings is 2. The van der Waals surface area contributed by atoms with Gasteiger partial charge in [0.05, 0.1) is 0 Å². The van der Waals surface area contributed by atoms with E-state index in [0.717, 1.165) is 25.9 Å². The topological polar surface area (TPSA) is 20.3 Å². The van der Waals surface area contributed by atoms with E-state index < -0.39 is 0 Å². The first-order valence-electron chi connectivity index (χ1n) is 9.24. The van der Waals surface area contributed by atoms with Crippen LogP contribution in [0, 0.1) is 0 Å². The summed E-state index contributed by atoms with van der Waals surface area (Å²) < 4.78 is 0. The second kappa shape index (κ2) is 7.88. The quantitative estimate of drug-likeness (QED) is 0.608. The number of nitrogens with zero attached hydrogens (tertiary/aromatic N) is 1. The fourth-order valence-electron chi connectivity index (χ4n) is 3.79. The Morgan fingerprint density at radius 1 is 1.00 bits per heavy atom. The maximum absolute atomic E-state index is 12.8. The summed E-state index contributed by atoms with van der Waals surface area (Å²) in [5.41, 5.74) is 3.93. The van der Waals surface area contributed by atoms with Crippen molar-refractivity contribution in [2.45, 2.75) is 31.7 Å². The SMILES string of the molecule is O=C(CCCc1cccs1)N1Cc2ccccc2[C@@H](c2ccccc2)C1. The largest absolute Gasteiger partial charge is 0.337 e. The zero-order valence-corrected chi connectivity index (χ0v) is 15.6. The Balaban J connectivity index is 1.48. The lowest BCUT2D eigenvalue weighted by atomic mass is 9.84. The molecule has 2 nitrogen and oxygen atoms in total. The van der Waals surface area contributed by atoms with Crippen LogP contribution in [-0.2, 0) is 17.8 Å². The van der Waals surface area contributed by atoms with E-state index in [1.54, 1.807) is 11.3 Å². The number of fused-ring (bicyclic) bond motifs is 1. The van der Waals surface area contributed by atoms with Gasteiger partial charge in [-0.25, -0.2) is 0 Å². The molecule has 3 heteroatoms. The first kappa shape index (κ1) is 17.0. The summed E-state index contributed by atoms with van der Waals surface area (Å²) in [5.74, 6) is 0.541. The van der Waals surface area contributed by atoms with Crippen molar-refractivity contribution in [3.8, 4) is 0 Å². The second-order valence-electron chi connectivity index (χ2n) is 6.87. The average molecular weight is 362 g/mol. The molecule has 0 saturated heterocycles. The third-order valence-corrected chi connectivity index (χ3v) is 6.08. The number of carbonyl (C=O) groups excluding carboxylic acids is 1. The Labute approximate surface area is 159 Å². The van der Waals surface area contributed by atoms with Crippen LogP contribution in [-0.4, -0.2) is 17.4 Å². The van der Waals surface area contributed by atoms with Gasteiger partial charge < -0.3 is 4.90 Å². The number of rotatable bonds is 5. The normalized spacial score (nSPS) is 16.3. The zero-order chi connectivity index (χ0) is 17.8. The molecular weight excluding hydrogens is 338 g/mol. The molecule has 0 radical (unpaired) electrons. The number of hydrogen-bond acceptors (Lipinski definition) is 2. The van der Waals surface area contributed by atoms with Crippen molar-refractivity contribution in [2.75, 3.05) is 6.54 Å². The smallest absolute Gasteiger partial charge is 0.222 e. The highest BCUT2D eigenvalue weighted by Crippen LogP contribution is 2.33. The van der Waals surface area contributed by atoms with Crippen LogP contribution in [0.15, 0.2) is 72.1 Å². The third kappa shape index (κ3) is 3.73. The van der Waals surface area contributed by atoms with Gasteiger partial charge in [-0.3, -0.25) is 4.79 Å². The molecular formula is C23H23NOS. The van der Waals surface area contributed by atoms with Crippen LogP contribution in [0.2, 0.25) is 0 Å².